The van der Waals surface area contributed by atoms with Gasteiger partial charge in [0.2, 0.25) is 0 Å². The minimum absolute atomic E-state index is 0.951. The second-order valence-corrected chi connectivity index (χ2v) is 20.4. The van der Waals surface area contributed by atoms with Crippen molar-refractivity contribution in [3.8, 4) is 11.5 Å². The molecule has 39 heavy (non-hydrogen) atoms. The minimum atomic E-state index is -3.72. The molecule has 0 amide bonds. The van der Waals surface area contributed by atoms with Crippen molar-refractivity contribution in [1.29, 1.82) is 0 Å². The molecule has 0 N–H and O–H groups in total. The van der Waals surface area contributed by atoms with Gasteiger partial charge in [-0.3, -0.25) is 0 Å². The fraction of sp³-hybridized carbons (Fsp3) is 0. The van der Waals surface area contributed by atoms with E-state index in [9.17, 15) is 0 Å². The van der Waals surface area contributed by atoms with Crippen molar-refractivity contribution < 1.29 is 4.74 Å². The van der Waals surface area contributed by atoms with E-state index in [1.54, 1.807) is 0 Å². The average molecular weight is 608 g/mol. The number of benzene rings is 6. The first-order chi connectivity index (χ1) is 19.4. The molecule has 0 fully saturated rings. The quantitative estimate of drug-likeness (QED) is 0.203. The van der Waals surface area contributed by atoms with E-state index in [0.29, 0.717) is 0 Å². The van der Waals surface area contributed by atoms with Crippen LogP contribution >= 0.6 is 0 Å². The van der Waals surface area contributed by atoms with Crippen LogP contribution in [0.25, 0.3) is 0 Å². The fourth-order valence-electron chi connectivity index (χ4n) is 5.94. The first-order valence-corrected chi connectivity index (χ1v) is 19.0. The van der Waals surface area contributed by atoms with Gasteiger partial charge in [0.25, 0.3) is 0 Å². The molecule has 0 radical (unpaired) electrons. The zero-order valence-corrected chi connectivity index (χ0v) is 24.3. The molecular formula is C36H27NOSn. The Morgan fingerprint density at radius 1 is 0.385 bits per heavy atom. The van der Waals surface area contributed by atoms with E-state index in [1.165, 1.54) is 14.3 Å². The number of anilines is 3. The van der Waals surface area contributed by atoms with Gasteiger partial charge in [-0.15, -0.1) is 0 Å². The standard InChI is InChI=1S/C24H17NO.2C6H5.Sn/c1-4-11-20(12-5-1)25(21-13-6-2-7-14-21)22-15-10-18-24(19-22)26-23-16-8-3-9-17-23;2*1-2-4-6-5-3-1;/h1-16,19H;2*1-5H;. The Morgan fingerprint density at radius 2 is 0.846 bits per heavy atom. The summed E-state index contributed by atoms with van der Waals surface area (Å²) in [7, 11) is 0. The Balaban J connectivity index is 1.51. The molecule has 0 bridgehead atoms. The molecule has 0 atom stereocenters. The van der Waals surface area contributed by atoms with Crippen molar-refractivity contribution in [2.24, 2.45) is 0 Å². The number of hydrogen-bond donors (Lipinski definition) is 0. The molecule has 6 aromatic rings. The molecule has 7 rings (SSSR count). The third-order valence-corrected chi connectivity index (χ3v) is 21.4. The zero-order valence-electron chi connectivity index (χ0n) is 21.4. The zero-order chi connectivity index (χ0) is 26.1. The maximum absolute atomic E-state index is 6.76. The second-order valence-electron chi connectivity index (χ2n) is 9.77. The summed E-state index contributed by atoms with van der Waals surface area (Å²) >= 11 is -3.72. The van der Waals surface area contributed by atoms with Crippen LogP contribution < -0.4 is 24.0 Å². The van der Waals surface area contributed by atoms with Gasteiger partial charge >= 0.3 is 235 Å². The summed E-state index contributed by atoms with van der Waals surface area (Å²) in [5.41, 5.74) is 3.30. The van der Waals surface area contributed by atoms with Gasteiger partial charge in [0.05, 0.1) is 0 Å². The van der Waals surface area contributed by atoms with E-state index in [1.807, 2.05) is 0 Å². The van der Waals surface area contributed by atoms with E-state index in [0.717, 1.165) is 28.6 Å². The van der Waals surface area contributed by atoms with Crippen molar-refractivity contribution in [1.82, 2.24) is 0 Å². The first kappa shape index (κ1) is 23.8. The molecule has 0 aliphatic carbocycles. The second kappa shape index (κ2) is 10.1. The van der Waals surface area contributed by atoms with E-state index in [-0.39, 0.29) is 0 Å². The monoisotopic (exact) mass is 609 g/mol. The maximum atomic E-state index is 6.76. The van der Waals surface area contributed by atoms with Gasteiger partial charge < -0.3 is 0 Å². The molecule has 2 nitrogen and oxygen atoms in total. The number of nitrogens with zero attached hydrogens (tertiary/aromatic N) is 1. The van der Waals surface area contributed by atoms with Gasteiger partial charge in [-0.25, -0.2) is 0 Å². The number of ether oxygens (including phenoxy) is 1. The Bertz CT molecular complexity index is 1640. The summed E-state index contributed by atoms with van der Waals surface area (Å²) in [6.45, 7) is 0. The molecule has 0 saturated carbocycles. The van der Waals surface area contributed by atoms with E-state index in [2.05, 4.69) is 169 Å². The van der Waals surface area contributed by atoms with Gasteiger partial charge in [-0.2, -0.15) is 0 Å². The van der Waals surface area contributed by atoms with Gasteiger partial charge in [0.1, 0.15) is 0 Å². The van der Waals surface area contributed by atoms with Gasteiger partial charge in [-0.1, -0.05) is 0 Å². The Morgan fingerprint density at radius 3 is 1.41 bits per heavy atom. The van der Waals surface area contributed by atoms with Crippen molar-refractivity contribution in [2.75, 3.05) is 4.90 Å². The third kappa shape index (κ3) is 4.03. The predicted octanol–water partition coefficient (Wildman–Crippen LogP) is 6.64. The van der Waals surface area contributed by atoms with Crippen molar-refractivity contribution in [3.63, 3.8) is 0 Å². The normalized spacial score (nSPS) is 13.0. The molecule has 0 unspecified atom stereocenters. The summed E-state index contributed by atoms with van der Waals surface area (Å²) in [5, 5.41) is 0. The molecule has 0 aromatic heterocycles. The van der Waals surface area contributed by atoms with E-state index >= 15 is 0 Å². The average Bonchev–Trinajstić information content (AvgIpc) is 3.02. The van der Waals surface area contributed by atoms with Gasteiger partial charge in [-0.05, 0) is 0 Å². The predicted molar refractivity (Wildman–Crippen MR) is 165 cm³/mol. The van der Waals surface area contributed by atoms with E-state index < -0.39 is 18.4 Å². The van der Waals surface area contributed by atoms with Crippen LogP contribution in [-0.4, -0.2) is 18.4 Å². The van der Waals surface area contributed by atoms with Crippen molar-refractivity contribution >= 4 is 49.8 Å². The van der Waals surface area contributed by atoms with Crippen LogP contribution in [0.1, 0.15) is 0 Å². The van der Waals surface area contributed by atoms with Crippen LogP contribution in [0, 0.1) is 0 Å². The molecule has 186 valence electrons. The van der Waals surface area contributed by atoms with Crippen LogP contribution in [0.15, 0.2) is 164 Å². The number of para-hydroxylation sites is 3. The summed E-state index contributed by atoms with van der Waals surface area (Å²) in [5.74, 6) is 1.92. The Labute approximate surface area is 233 Å². The SMILES string of the molecule is c1ccc(N(c2ccccc2)c2cc[c]3c(c2)Oc2cccc[c]2[Sn]3([c]2ccccc2)[c]2ccccc2)cc1. The van der Waals surface area contributed by atoms with Gasteiger partial charge in [0, 0.05) is 0 Å². The Hall–Kier alpha value is -4.28. The molecule has 1 aliphatic heterocycles. The fourth-order valence-corrected chi connectivity index (χ4v) is 20.0. The summed E-state index contributed by atoms with van der Waals surface area (Å²) in [6.07, 6.45) is 0. The van der Waals surface area contributed by atoms with Crippen LogP contribution in [0.5, 0.6) is 11.5 Å². The van der Waals surface area contributed by atoms with Crippen LogP contribution in [0.4, 0.5) is 17.1 Å². The molecule has 6 aromatic carbocycles. The topological polar surface area (TPSA) is 12.5 Å². The van der Waals surface area contributed by atoms with Crippen LogP contribution in [0.3, 0.4) is 0 Å². The number of rotatable bonds is 5. The number of fused-ring (bicyclic) bond motifs is 2. The van der Waals surface area contributed by atoms with Crippen molar-refractivity contribution in [3.05, 3.63) is 164 Å². The van der Waals surface area contributed by atoms with Crippen molar-refractivity contribution in [2.45, 2.75) is 0 Å². The van der Waals surface area contributed by atoms with Crippen LogP contribution in [0.2, 0.25) is 0 Å². The summed E-state index contributed by atoms with van der Waals surface area (Å²) < 4.78 is 12.3. The molecule has 3 heteroatoms. The van der Waals surface area contributed by atoms with E-state index in [4.69, 9.17) is 4.74 Å². The molecular weight excluding hydrogens is 581 g/mol. The molecule has 1 heterocycles. The Kier molecular flexibility index (Phi) is 6.18. The third-order valence-electron chi connectivity index (χ3n) is 7.58. The number of hydrogen-bond acceptors (Lipinski definition) is 2. The summed E-state index contributed by atoms with van der Waals surface area (Å²) in [6, 6.07) is 58.8. The molecule has 0 spiro atoms. The first-order valence-electron chi connectivity index (χ1n) is 13.3. The molecule has 0 saturated heterocycles. The molecule has 1 aliphatic rings. The summed E-state index contributed by atoms with van der Waals surface area (Å²) in [4.78, 5) is 2.30. The van der Waals surface area contributed by atoms with Gasteiger partial charge in [0.15, 0.2) is 0 Å². The van der Waals surface area contributed by atoms with Crippen LogP contribution in [-0.2, 0) is 0 Å².